The summed E-state index contributed by atoms with van der Waals surface area (Å²) in [5, 5.41) is 42.5. The molecule has 0 radical (unpaired) electrons. The van der Waals surface area contributed by atoms with Gasteiger partial charge < -0.3 is 20.4 Å². The molecule has 0 spiro atoms. The molecule has 142 valence electrons. The molecule has 3 saturated carbocycles. The number of allylic oxidation sites excluding steroid dienone is 1. The van der Waals surface area contributed by atoms with Crippen LogP contribution in [0.2, 0.25) is 0 Å². The molecular weight excluding hydrogens is 316 g/mol. The van der Waals surface area contributed by atoms with Gasteiger partial charge in [-0.15, -0.1) is 0 Å². The van der Waals surface area contributed by atoms with Crippen LogP contribution in [0.1, 0.15) is 59.3 Å². The van der Waals surface area contributed by atoms with Crippen molar-refractivity contribution in [2.75, 3.05) is 0 Å². The third kappa shape index (κ3) is 2.40. The summed E-state index contributed by atoms with van der Waals surface area (Å²) in [5.74, 6) is 0.571. The van der Waals surface area contributed by atoms with Crippen molar-refractivity contribution in [3.8, 4) is 0 Å². The molecule has 10 atom stereocenters. The van der Waals surface area contributed by atoms with E-state index in [0.29, 0.717) is 18.8 Å². The first-order valence-electron chi connectivity index (χ1n) is 10.1. The van der Waals surface area contributed by atoms with Crippen LogP contribution < -0.4 is 0 Å². The minimum atomic E-state index is -0.467. The van der Waals surface area contributed by atoms with Crippen LogP contribution in [0.5, 0.6) is 0 Å². The number of aliphatic hydroxyl groups is 4. The van der Waals surface area contributed by atoms with Crippen molar-refractivity contribution >= 4 is 0 Å². The minimum Gasteiger partial charge on any atom is -0.393 e. The normalized spacial score (nSPS) is 56.4. The topological polar surface area (TPSA) is 80.9 Å². The van der Waals surface area contributed by atoms with Crippen LogP contribution in [0.3, 0.4) is 0 Å². The lowest BCUT2D eigenvalue weighted by molar-refractivity contribution is -0.109. The first-order chi connectivity index (χ1) is 11.7. The summed E-state index contributed by atoms with van der Waals surface area (Å²) in [6.45, 7) is 6.27. The third-order valence-corrected chi connectivity index (χ3v) is 8.63. The van der Waals surface area contributed by atoms with Gasteiger partial charge in [0.05, 0.1) is 24.4 Å². The smallest absolute Gasteiger partial charge is 0.0616 e. The van der Waals surface area contributed by atoms with Crippen LogP contribution in [0.4, 0.5) is 0 Å². The van der Waals surface area contributed by atoms with Crippen LogP contribution in [-0.2, 0) is 0 Å². The van der Waals surface area contributed by atoms with Crippen molar-refractivity contribution in [1.82, 2.24) is 0 Å². The van der Waals surface area contributed by atoms with E-state index in [1.54, 1.807) is 0 Å². The number of aliphatic hydroxyl groups excluding tert-OH is 4. The van der Waals surface area contributed by atoms with E-state index < -0.39 is 18.3 Å². The summed E-state index contributed by atoms with van der Waals surface area (Å²) in [7, 11) is 0. The standard InChI is InChI=1S/C21H34O4/c1-11(22)15-9-16(24)18-14-5-4-12-8-13(23)6-7-20(12,2)19(14)17(25)10-21(15,18)3/h5,11-13,15-19,22-25H,4,6-10H2,1-3H3. The van der Waals surface area contributed by atoms with E-state index in [1.165, 1.54) is 5.57 Å². The van der Waals surface area contributed by atoms with E-state index >= 15 is 0 Å². The molecule has 0 aliphatic heterocycles. The maximum absolute atomic E-state index is 11.2. The summed E-state index contributed by atoms with van der Waals surface area (Å²) in [6, 6.07) is 0. The Morgan fingerprint density at radius 1 is 1.04 bits per heavy atom. The first kappa shape index (κ1) is 18.0. The predicted molar refractivity (Wildman–Crippen MR) is 95.7 cm³/mol. The molecule has 3 fully saturated rings. The van der Waals surface area contributed by atoms with Gasteiger partial charge in [-0.2, -0.15) is 0 Å². The summed E-state index contributed by atoms with van der Waals surface area (Å²) < 4.78 is 0. The quantitative estimate of drug-likeness (QED) is 0.547. The van der Waals surface area contributed by atoms with Gasteiger partial charge in [0.1, 0.15) is 0 Å². The summed E-state index contributed by atoms with van der Waals surface area (Å²) in [4.78, 5) is 0. The van der Waals surface area contributed by atoms with E-state index in [9.17, 15) is 20.4 Å². The van der Waals surface area contributed by atoms with Crippen molar-refractivity contribution in [3.05, 3.63) is 11.6 Å². The molecule has 4 N–H and O–H groups in total. The van der Waals surface area contributed by atoms with Crippen molar-refractivity contribution in [2.24, 2.45) is 34.5 Å². The molecule has 0 aromatic heterocycles. The summed E-state index contributed by atoms with van der Waals surface area (Å²) >= 11 is 0. The Kier molecular flexibility index (Phi) is 4.16. The van der Waals surface area contributed by atoms with Gasteiger partial charge in [0.2, 0.25) is 0 Å². The Bertz CT molecular complexity index is 572. The van der Waals surface area contributed by atoms with E-state index in [-0.39, 0.29) is 34.7 Å². The molecule has 4 aliphatic carbocycles. The Hall–Kier alpha value is -0.420. The average molecular weight is 350 g/mol. The van der Waals surface area contributed by atoms with E-state index in [0.717, 1.165) is 25.7 Å². The monoisotopic (exact) mass is 350 g/mol. The SMILES string of the molecule is CC(O)C1CC(O)C2C3=CCC4CC(O)CCC4(C)C3C(O)CC12C. The van der Waals surface area contributed by atoms with Gasteiger partial charge in [0, 0.05) is 11.8 Å². The molecule has 0 saturated heterocycles. The maximum atomic E-state index is 11.2. The Balaban J connectivity index is 1.75. The largest absolute Gasteiger partial charge is 0.393 e. The zero-order valence-corrected chi connectivity index (χ0v) is 15.7. The molecule has 4 aliphatic rings. The van der Waals surface area contributed by atoms with E-state index in [2.05, 4.69) is 19.9 Å². The highest BCUT2D eigenvalue weighted by molar-refractivity contribution is 5.31. The molecule has 4 rings (SSSR count). The third-order valence-electron chi connectivity index (χ3n) is 8.63. The lowest BCUT2D eigenvalue weighted by Crippen LogP contribution is -2.56. The number of rotatable bonds is 1. The van der Waals surface area contributed by atoms with Crippen LogP contribution >= 0.6 is 0 Å². The molecule has 0 aromatic rings. The average Bonchev–Trinajstić information content (AvgIpc) is 2.78. The Labute approximate surface area is 151 Å². The Morgan fingerprint density at radius 3 is 2.40 bits per heavy atom. The van der Waals surface area contributed by atoms with Crippen LogP contribution in [0, 0.1) is 34.5 Å². The van der Waals surface area contributed by atoms with E-state index in [4.69, 9.17) is 0 Å². The molecule has 25 heavy (non-hydrogen) atoms. The van der Waals surface area contributed by atoms with Gasteiger partial charge in [0.15, 0.2) is 0 Å². The molecule has 0 heterocycles. The van der Waals surface area contributed by atoms with Crippen LogP contribution in [0.25, 0.3) is 0 Å². The maximum Gasteiger partial charge on any atom is 0.0616 e. The van der Waals surface area contributed by atoms with Crippen molar-refractivity contribution in [1.29, 1.82) is 0 Å². The van der Waals surface area contributed by atoms with Crippen molar-refractivity contribution < 1.29 is 20.4 Å². The van der Waals surface area contributed by atoms with Gasteiger partial charge >= 0.3 is 0 Å². The lowest BCUT2D eigenvalue weighted by atomic mass is 9.47. The molecule has 4 heteroatoms. The molecule has 10 unspecified atom stereocenters. The van der Waals surface area contributed by atoms with Crippen LogP contribution in [-0.4, -0.2) is 44.8 Å². The summed E-state index contributed by atoms with van der Waals surface area (Å²) in [6.07, 6.45) is 5.51. The number of fused-ring (bicyclic) bond motifs is 5. The molecule has 0 aromatic carbocycles. The highest BCUT2D eigenvalue weighted by Crippen LogP contribution is 2.66. The first-order valence-corrected chi connectivity index (χ1v) is 10.1. The van der Waals surface area contributed by atoms with E-state index in [1.807, 2.05) is 6.92 Å². The fourth-order valence-electron chi connectivity index (χ4n) is 7.47. The fourth-order valence-corrected chi connectivity index (χ4v) is 7.47. The van der Waals surface area contributed by atoms with Gasteiger partial charge in [-0.1, -0.05) is 25.5 Å². The second-order valence-corrected chi connectivity index (χ2v) is 9.95. The second-order valence-electron chi connectivity index (χ2n) is 9.95. The zero-order valence-electron chi connectivity index (χ0n) is 15.7. The van der Waals surface area contributed by atoms with Gasteiger partial charge in [0.25, 0.3) is 0 Å². The molecule has 0 amide bonds. The second kappa shape index (κ2) is 5.79. The number of hydrogen-bond donors (Lipinski definition) is 4. The van der Waals surface area contributed by atoms with Gasteiger partial charge in [-0.25, -0.2) is 0 Å². The highest BCUT2D eigenvalue weighted by atomic mass is 16.3. The minimum absolute atomic E-state index is 0.00664. The lowest BCUT2D eigenvalue weighted by Gasteiger charge is -2.59. The van der Waals surface area contributed by atoms with Gasteiger partial charge in [-0.05, 0) is 68.1 Å². The number of hydrogen-bond acceptors (Lipinski definition) is 4. The summed E-state index contributed by atoms with van der Waals surface area (Å²) in [5.41, 5.74) is 1.01. The Morgan fingerprint density at radius 2 is 1.72 bits per heavy atom. The molecule has 4 nitrogen and oxygen atoms in total. The van der Waals surface area contributed by atoms with Crippen LogP contribution in [0.15, 0.2) is 11.6 Å². The fraction of sp³-hybridized carbons (Fsp3) is 0.905. The van der Waals surface area contributed by atoms with Gasteiger partial charge in [-0.3, -0.25) is 0 Å². The molecule has 0 bridgehead atoms. The van der Waals surface area contributed by atoms with Crippen molar-refractivity contribution in [3.63, 3.8) is 0 Å². The molecular formula is C21H34O4. The zero-order chi connectivity index (χ0) is 18.1. The predicted octanol–water partition coefficient (Wildman–Crippen LogP) is 2.25. The highest BCUT2D eigenvalue weighted by Gasteiger charge is 2.63. The van der Waals surface area contributed by atoms with Crippen molar-refractivity contribution in [2.45, 2.75) is 83.7 Å².